The quantitative estimate of drug-likeness (QED) is 0.744. The van der Waals surface area contributed by atoms with E-state index in [0.29, 0.717) is 23.8 Å². The van der Waals surface area contributed by atoms with Gasteiger partial charge in [0.2, 0.25) is 0 Å². The fourth-order valence-corrected chi connectivity index (χ4v) is 3.21. The summed E-state index contributed by atoms with van der Waals surface area (Å²) >= 11 is 0. The van der Waals surface area contributed by atoms with Gasteiger partial charge in [-0.05, 0) is 31.4 Å². The summed E-state index contributed by atoms with van der Waals surface area (Å²) in [4.78, 5) is 3.94. The molecule has 3 N–H and O–H groups in total. The molecule has 0 spiro atoms. The van der Waals surface area contributed by atoms with Gasteiger partial charge in [-0.2, -0.15) is 13.5 Å². The molecule has 1 aliphatic carbocycles. The van der Waals surface area contributed by atoms with E-state index in [9.17, 15) is 8.42 Å². The average Bonchev–Trinajstić information content (AvgIpc) is 3.15. The summed E-state index contributed by atoms with van der Waals surface area (Å²) in [5, 5.41) is 9.80. The van der Waals surface area contributed by atoms with Gasteiger partial charge in [0, 0.05) is 24.3 Å². The molecular weight excluding hydrogens is 290 g/mol. The summed E-state index contributed by atoms with van der Waals surface area (Å²) < 4.78 is 27.5. The SMILES string of the molecule is Cc1ccncc1NS(=O)(=O)c1[nH]ncc1CNC1CC1. The molecule has 0 radical (unpaired) electrons. The van der Waals surface area contributed by atoms with Crippen molar-refractivity contribution < 1.29 is 8.42 Å². The molecule has 3 rings (SSSR count). The van der Waals surface area contributed by atoms with Gasteiger partial charge in [0.05, 0.1) is 18.1 Å². The molecule has 112 valence electrons. The van der Waals surface area contributed by atoms with E-state index >= 15 is 0 Å². The number of rotatable bonds is 6. The number of nitrogens with zero attached hydrogens (tertiary/aromatic N) is 2. The standard InChI is InChI=1S/C13H17N5O2S/c1-9-4-5-14-8-12(9)18-21(19,20)13-10(7-16-17-13)6-15-11-2-3-11/h4-5,7-8,11,15,18H,2-3,6H2,1H3,(H,16,17). The highest BCUT2D eigenvalue weighted by atomic mass is 32.2. The smallest absolute Gasteiger partial charge is 0.279 e. The largest absolute Gasteiger partial charge is 0.310 e. The highest BCUT2D eigenvalue weighted by Crippen LogP contribution is 2.22. The number of nitrogens with one attached hydrogen (secondary N) is 3. The summed E-state index contributed by atoms with van der Waals surface area (Å²) in [6.45, 7) is 2.31. The molecule has 8 heteroatoms. The van der Waals surface area contributed by atoms with Gasteiger partial charge in [-0.1, -0.05) is 0 Å². The minimum absolute atomic E-state index is 0.0962. The third-order valence-electron chi connectivity index (χ3n) is 3.39. The molecule has 2 aromatic rings. The first-order valence-corrected chi connectivity index (χ1v) is 8.23. The van der Waals surface area contributed by atoms with E-state index in [2.05, 4.69) is 25.2 Å². The van der Waals surface area contributed by atoms with Crippen molar-refractivity contribution in [2.45, 2.75) is 37.4 Å². The van der Waals surface area contributed by atoms with Gasteiger partial charge in [0.1, 0.15) is 0 Å². The highest BCUT2D eigenvalue weighted by molar-refractivity contribution is 7.92. The lowest BCUT2D eigenvalue weighted by Crippen LogP contribution is -2.20. The summed E-state index contributed by atoms with van der Waals surface area (Å²) in [6, 6.07) is 2.25. The number of hydrogen-bond donors (Lipinski definition) is 3. The minimum Gasteiger partial charge on any atom is -0.310 e. The maximum absolute atomic E-state index is 12.5. The predicted molar refractivity (Wildman–Crippen MR) is 78.2 cm³/mol. The van der Waals surface area contributed by atoms with Crippen molar-refractivity contribution in [2.24, 2.45) is 0 Å². The van der Waals surface area contributed by atoms with Gasteiger partial charge in [-0.25, -0.2) is 0 Å². The molecule has 0 atom stereocenters. The number of sulfonamides is 1. The van der Waals surface area contributed by atoms with Crippen molar-refractivity contribution in [1.29, 1.82) is 0 Å². The third kappa shape index (κ3) is 3.22. The highest BCUT2D eigenvalue weighted by Gasteiger charge is 2.24. The van der Waals surface area contributed by atoms with Crippen LogP contribution in [0.4, 0.5) is 5.69 Å². The summed E-state index contributed by atoms with van der Waals surface area (Å²) in [6.07, 6.45) is 6.94. The number of anilines is 1. The first kappa shape index (κ1) is 14.0. The monoisotopic (exact) mass is 307 g/mol. The normalized spacial score (nSPS) is 15.1. The molecule has 2 aromatic heterocycles. The Morgan fingerprint density at radius 2 is 2.19 bits per heavy atom. The van der Waals surface area contributed by atoms with Crippen LogP contribution in [0.5, 0.6) is 0 Å². The predicted octanol–water partition coefficient (Wildman–Crippen LogP) is 1.17. The lowest BCUT2D eigenvalue weighted by Gasteiger charge is -2.10. The first-order chi connectivity index (χ1) is 10.1. The molecule has 1 aliphatic rings. The number of hydrogen-bond acceptors (Lipinski definition) is 5. The van der Waals surface area contributed by atoms with Crippen molar-refractivity contribution in [2.75, 3.05) is 4.72 Å². The lowest BCUT2D eigenvalue weighted by molar-refractivity contribution is 0.593. The van der Waals surface area contributed by atoms with Crippen LogP contribution in [0.25, 0.3) is 0 Å². The zero-order chi connectivity index (χ0) is 14.9. The van der Waals surface area contributed by atoms with E-state index in [1.807, 2.05) is 6.92 Å². The summed E-state index contributed by atoms with van der Waals surface area (Å²) in [5.41, 5.74) is 1.91. The maximum atomic E-state index is 12.5. The zero-order valence-electron chi connectivity index (χ0n) is 11.6. The second-order valence-electron chi connectivity index (χ2n) is 5.18. The Kier molecular flexibility index (Phi) is 3.64. The molecule has 2 heterocycles. The van der Waals surface area contributed by atoms with Crippen LogP contribution in [0, 0.1) is 6.92 Å². The van der Waals surface area contributed by atoms with E-state index in [1.165, 1.54) is 6.20 Å². The van der Waals surface area contributed by atoms with Gasteiger partial charge >= 0.3 is 0 Å². The average molecular weight is 307 g/mol. The Balaban J connectivity index is 1.81. The van der Waals surface area contributed by atoms with E-state index < -0.39 is 10.0 Å². The van der Waals surface area contributed by atoms with Crippen molar-refractivity contribution in [3.05, 3.63) is 35.8 Å². The van der Waals surface area contributed by atoms with Crippen molar-refractivity contribution >= 4 is 15.7 Å². The van der Waals surface area contributed by atoms with E-state index in [-0.39, 0.29) is 5.03 Å². The van der Waals surface area contributed by atoms with Crippen LogP contribution in [0.2, 0.25) is 0 Å². The second kappa shape index (κ2) is 5.45. The molecule has 1 fully saturated rings. The molecule has 0 aliphatic heterocycles. The first-order valence-electron chi connectivity index (χ1n) is 6.75. The van der Waals surface area contributed by atoms with Gasteiger partial charge in [0.25, 0.3) is 10.0 Å². The molecular formula is C13H17N5O2S. The second-order valence-corrected chi connectivity index (χ2v) is 6.79. The number of pyridine rings is 1. The van der Waals surface area contributed by atoms with Crippen molar-refractivity contribution in [3.63, 3.8) is 0 Å². The molecule has 0 saturated heterocycles. The third-order valence-corrected chi connectivity index (χ3v) is 4.77. The van der Waals surface area contributed by atoms with Crippen LogP contribution in [0.1, 0.15) is 24.0 Å². The Bertz CT molecular complexity index is 737. The van der Waals surface area contributed by atoms with Gasteiger partial charge in [0.15, 0.2) is 5.03 Å². The maximum Gasteiger partial charge on any atom is 0.279 e. The van der Waals surface area contributed by atoms with E-state index in [0.717, 1.165) is 18.4 Å². The molecule has 0 aromatic carbocycles. The lowest BCUT2D eigenvalue weighted by atomic mass is 10.3. The van der Waals surface area contributed by atoms with Gasteiger partial charge in [-0.15, -0.1) is 0 Å². The fourth-order valence-electron chi connectivity index (χ4n) is 1.97. The number of H-pyrrole nitrogens is 1. The molecule has 0 amide bonds. The van der Waals surface area contributed by atoms with Crippen LogP contribution in [0.15, 0.2) is 29.7 Å². The molecule has 7 nitrogen and oxygen atoms in total. The molecule has 0 bridgehead atoms. The van der Waals surface area contributed by atoms with Crippen LogP contribution < -0.4 is 10.0 Å². The van der Waals surface area contributed by atoms with Gasteiger partial charge in [-0.3, -0.25) is 14.8 Å². The van der Waals surface area contributed by atoms with E-state index in [1.54, 1.807) is 18.5 Å². The van der Waals surface area contributed by atoms with Crippen molar-refractivity contribution in [3.8, 4) is 0 Å². The Hall–Kier alpha value is -1.93. The summed E-state index contributed by atoms with van der Waals surface area (Å²) in [5.74, 6) is 0. The topological polar surface area (TPSA) is 99.8 Å². The molecule has 21 heavy (non-hydrogen) atoms. The Morgan fingerprint density at radius 3 is 2.90 bits per heavy atom. The zero-order valence-corrected chi connectivity index (χ0v) is 12.4. The van der Waals surface area contributed by atoms with Crippen LogP contribution in [0.3, 0.4) is 0 Å². The fraction of sp³-hybridized carbons (Fsp3) is 0.385. The Labute approximate surface area is 123 Å². The van der Waals surface area contributed by atoms with Crippen LogP contribution in [-0.2, 0) is 16.6 Å². The minimum atomic E-state index is -3.70. The summed E-state index contributed by atoms with van der Waals surface area (Å²) in [7, 11) is -3.70. The van der Waals surface area contributed by atoms with Crippen molar-refractivity contribution in [1.82, 2.24) is 20.5 Å². The van der Waals surface area contributed by atoms with Crippen LogP contribution in [-0.4, -0.2) is 29.6 Å². The molecule has 1 saturated carbocycles. The van der Waals surface area contributed by atoms with Crippen LogP contribution >= 0.6 is 0 Å². The number of aromatic nitrogens is 3. The van der Waals surface area contributed by atoms with Gasteiger partial charge < -0.3 is 5.32 Å². The molecule has 0 unspecified atom stereocenters. The number of aryl methyl sites for hydroxylation is 1. The Morgan fingerprint density at radius 1 is 1.38 bits per heavy atom. The number of aromatic amines is 1. The van der Waals surface area contributed by atoms with E-state index in [4.69, 9.17) is 0 Å².